The third-order valence-electron chi connectivity index (χ3n) is 5.49. The highest BCUT2D eigenvalue weighted by Crippen LogP contribution is 2.48. The number of amides is 2. The molecule has 0 aromatic rings. The third kappa shape index (κ3) is 4.26. The van der Waals surface area contributed by atoms with Crippen LogP contribution in [0.15, 0.2) is 0 Å². The Labute approximate surface area is 151 Å². The monoisotopic (exact) mass is 376 g/mol. The molecule has 8 heteroatoms. The van der Waals surface area contributed by atoms with Gasteiger partial charge in [0.1, 0.15) is 11.6 Å². The van der Waals surface area contributed by atoms with Gasteiger partial charge >= 0.3 is 12.3 Å². The standard InChI is InChI=1S/C18H27F3N2O3/c1-17(2,3)26-16(25)23-13-7-10(13)8-14(23)15(24)22-12-6-4-5-11(9-12)18(19,20)21/h10-14H,4-9H2,1-3H3,(H,22,24)/t10-,11+,12?,13-,14+/m1/s1. The lowest BCUT2D eigenvalue weighted by molar-refractivity contribution is -0.184. The van der Waals surface area contributed by atoms with Crippen molar-refractivity contribution >= 4 is 12.0 Å². The summed E-state index contributed by atoms with van der Waals surface area (Å²) in [6.07, 6.45) is -2.28. The third-order valence-corrected chi connectivity index (χ3v) is 5.49. The van der Waals surface area contributed by atoms with Crippen molar-refractivity contribution in [2.75, 3.05) is 0 Å². The fourth-order valence-corrected chi connectivity index (χ4v) is 4.18. The molecule has 3 fully saturated rings. The summed E-state index contributed by atoms with van der Waals surface area (Å²) in [5, 5.41) is 2.76. The lowest BCUT2D eigenvalue weighted by atomic mass is 9.85. The highest BCUT2D eigenvalue weighted by Gasteiger charge is 2.57. The number of nitrogens with one attached hydrogen (secondary N) is 1. The maximum absolute atomic E-state index is 13.0. The Morgan fingerprint density at radius 3 is 2.38 bits per heavy atom. The molecule has 2 amide bonds. The molecule has 1 unspecified atom stereocenters. The van der Waals surface area contributed by atoms with Crippen LogP contribution in [0.2, 0.25) is 0 Å². The van der Waals surface area contributed by atoms with Crippen LogP contribution >= 0.6 is 0 Å². The molecule has 148 valence electrons. The van der Waals surface area contributed by atoms with E-state index in [2.05, 4.69) is 5.32 Å². The van der Waals surface area contributed by atoms with Gasteiger partial charge in [0.2, 0.25) is 5.91 Å². The van der Waals surface area contributed by atoms with E-state index in [0.29, 0.717) is 25.2 Å². The maximum Gasteiger partial charge on any atom is 0.411 e. The molecule has 0 spiro atoms. The zero-order valence-corrected chi connectivity index (χ0v) is 15.4. The van der Waals surface area contributed by atoms with Gasteiger partial charge in [0.25, 0.3) is 0 Å². The Balaban J connectivity index is 1.61. The molecule has 2 saturated carbocycles. The van der Waals surface area contributed by atoms with Gasteiger partial charge in [-0.2, -0.15) is 13.2 Å². The Morgan fingerprint density at radius 2 is 1.77 bits per heavy atom. The minimum absolute atomic E-state index is 0.0230. The van der Waals surface area contributed by atoms with Crippen LogP contribution in [0.3, 0.4) is 0 Å². The Bertz CT molecular complexity index is 573. The first-order chi connectivity index (χ1) is 12.0. The van der Waals surface area contributed by atoms with Gasteiger partial charge < -0.3 is 10.1 Å². The average Bonchev–Trinajstić information content (AvgIpc) is 3.14. The predicted molar refractivity (Wildman–Crippen MR) is 88.3 cm³/mol. The van der Waals surface area contributed by atoms with Crippen molar-refractivity contribution in [3.8, 4) is 0 Å². The molecule has 0 bridgehead atoms. The fourth-order valence-electron chi connectivity index (χ4n) is 4.18. The summed E-state index contributed by atoms with van der Waals surface area (Å²) >= 11 is 0. The van der Waals surface area contributed by atoms with Crippen LogP contribution in [-0.2, 0) is 9.53 Å². The summed E-state index contributed by atoms with van der Waals surface area (Å²) in [6, 6.07) is -1.10. The minimum Gasteiger partial charge on any atom is -0.444 e. The van der Waals surface area contributed by atoms with Crippen molar-refractivity contribution in [3.05, 3.63) is 0 Å². The molecule has 3 rings (SSSR count). The van der Waals surface area contributed by atoms with Gasteiger partial charge in [-0.3, -0.25) is 9.69 Å². The number of nitrogens with zero attached hydrogens (tertiary/aromatic N) is 1. The molecule has 1 N–H and O–H groups in total. The summed E-state index contributed by atoms with van der Waals surface area (Å²) < 4.78 is 44.3. The van der Waals surface area contributed by atoms with Crippen LogP contribution in [0.1, 0.15) is 59.3 Å². The summed E-state index contributed by atoms with van der Waals surface area (Å²) in [5.74, 6) is -1.41. The van der Waals surface area contributed by atoms with Gasteiger partial charge in [-0.15, -0.1) is 0 Å². The number of hydrogen-bond donors (Lipinski definition) is 1. The molecule has 1 heterocycles. The number of halogens is 3. The highest BCUT2D eigenvalue weighted by molar-refractivity contribution is 5.87. The second-order valence-electron chi connectivity index (χ2n) is 8.81. The number of carbonyl (C=O) groups is 2. The van der Waals surface area contributed by atoms with E-state index >= 15 is 0 Å². The zero-order valence-electron chi connectivity index (χ0n) is 15.4. The van der Waals surface area contributed by atoms with Crippen LogP contribution in [0.5, 0.6) is 0 Å². The summed E-state index contributed by atoms with van der Waals surface area (Å²) in [6.45, 7) is 5.29. The average molecular weight is 376 g/mol. The molecule has 2 aliphatic carbocycles. The van der Waals surface area contributed by atoms with Gasteiger partial charge in [0, 0.05) is 12.1 Å². The van der Waals surface area contributed by atoms with E-state index in [9.17, 15) is 22.8 Å². The van der Waals surface area contributed by atoms with Crippen molar-refractivity contribution in [1.82, 2.24) is 10.2 Å². The molecule has 26 heavy (non-hydrogen) atoms. The number of carbonyl (C=O) groups excluding carboxylic acids is 2. The molecular formula is C18H27F3N2O3. The molecule has 5 nitrogen and oxygen atoms in total. The van der Waals surface area contributed by atoms with Gasteiger partial charge in [0.05, 0.1) is 5.92 Å². The maximum atomic E-state index is 13.0. The van der Waals surface area contributed by atoms with Crippen molar-refractivity contribution in [2.24, 2.45) is 11.8 Å². The van der Waals surface area contributed by atoms with Gasteiger partial charge in [0.15, 0.2) is 0 Å². The molecule has 3 aliphatic rings. The molecule has 0 radical (unpaired) electrons. The molecule has 1 saturated heterocycles. The van der Waals surface area contributed by atoms with E-state index in [1.54, 1.807) is 20.8 Å². The molecule has 0 aromatic heterocycles. The molecule has 5 atom stereocenters. The van der Waals surface area contributed by atoms with E-state index in [0.717, 1.165) is 6.42 Å². The second kappa shape index (κ2) is 6.60. The largest absolute Gasteiger partial charge is 0.444 e. The van der Waals surface area contributed by atoms with Gasteiger partial charge in [-0.25, -0.2) is 4.79 Å². The highest BCUT2D eigenvalue weighted by atomic mass is 19.4. The normalized spacial score (nSPS) is 34.2. The number of hydrogen-bond acceptors (Lipinski definition) is 3. The van der Waals surface area contributed by atoms with E-state index in [4.69, 9.17) is 4.74 Å². The Morgan fingerprint density at radius 1 is 1.08 bits per heavy atom. The lowest BCUT2D eigenvalue weighted by Crippen LogP contribution is -2.52. The first-order valence-electron chi connectivity index (χ1n) is 9.34. The quantitative estimate of drug-likeness (QED) is 0.801. The summed E-state index contributed by atoms with van der Waals surface area (Å²) in [7, 11) is 0. The van der Waals surface area contributed by atoms with E-state index in [1.165, 1.54) is 4.90 Å². The smallest absolute Gasteiger partial charge is 0.411 e. The number of alkyl halides is 3. The van der Waals surface area contributed by atoms with Crippen LogP contribution in [0.25, 0.3) is 0 Å². The van der Waals surface area contributed by atoms with Gasteiger partial charge in [-0.05, 0) is 58.8 Å². The van der Waals surface area contributed by atoms with E-state index < -0.39 is 35.9 Å². The van der Waals surface area contributed by atoms with Crippen molar-refractivity contribution < 1.29 is 27.5 Å². The zero-order chi connectivity index (χ0) is 19.3. The molecule has 0 aromatic carbocycles. The second-order valence-corrected chi connectivity index (χ2v) is 8.81. The SMILES string of the molecule is CC(C)(C)OC(=O)N1[C@@H]2C[C@@H]2C[C@H]1C(=O)NC1CCC[C@H](C(F)(F)F)C1. The molecule has 1 aliphatic heterocycles. The van der Waals surface area contributed by atoms with Crippen LogP contribution < -0.4 is 5.32 Å². The summed E-state index contributed by atoms with van der Waals surface area (Å²) in [4.78, 5) is 26.6. The van der Waals surface area contributed by atoms with Crippen LogP contribution in [0, 0.1) is 11.8 Å². The number of rotatable bonds is 2. The van der Waals surface area contributed by atoms with Gasteiger partial charge in [-0.1, -0.05) is 6.42 Å². The number of fused-ring (bicyclic) bond motifs is 1. The van der Waals surface area contributed by atoms with E-state index in [-0.39, 0.29) is 24.8 Å². The van der Waals surface area contributed by atoms with Crippen molar-refractivity contribution in [2.45, 2.75) is 89.2 Å². The van der Waals surface area contributed by atoms with Crippen molar-refractivity contribution in [3.63, 3.8) is 0 Å². The van der Waals surface area contributed by atoms with Crippen LogP contribution in [0.4, 0.5) is 18.0 Å². The van der Waals surface area contributed by atoms with E-state index in [1.807, 2.05) is 0 Å². The molecular weight excluding hydrogens is 349 g/mol. The van der Waals surface area contributed by atoms with Crippen LogP contribution in [-0.4, -0.2) is 46.8 Å². The lowest BCUT2D eigenvalue weighted by Gasteiger charge is -2.34. The number of likely N-dealkylation sites (tertiary alicyclic amines) is 1. The predicted octanol–water partition coefficient (Wildman–Crippen LogP) is 3.62. The number of piperidine rings is 1. The summed E-state index contributed by atoms with van der Waals surface area (Å²) in [5.41, 5.74) is -0.658. The topological polar surface area (TPSA) is 58.6 Å². The Hall–Kier alpha value is -1.47. The Kier molecular flexibility index (Phi) is 4.90. The minimum atomic E-state index is -4.22. The number of ether oxygens (including phenoxy) is 1. The van der Waals surface area contributed by atoms with Crippen molar-refractivity contribution in [1.29, 1.82) is 0 Å². The fraction of sp³-hybridized carbons (Fsp3) is 0.889. The first-order valence-corrected chi connectivity index (χ1v) is 9.34. The first kappa shape index (κ1) is 19.3.